The molecular formula is C16H22ClNO2. The Morgan fingerprint density at radius 2 is 2.10 bits per heavy atom. The van der Waals surface area contributed by atoms with Crippen LogP contribution in [0.2, 0.25) is 0 Å². The topological polar surface area (TPSA) is 38.3 Å². The summed E-state index contributed by atoms with van der Waals surface area (Å²) in [5.41, 5.74) is 0.804. The second kappa shape index (κ2) is 6.49. The lowest BCUT2D eigenvalue weighted by Gasteiger charge is -2.33. The zero-order valence-electron chi connectivity index (χ0n) is 12.1. The van der Waals surface area contributed by atoms with Gasteiger partial charge in [0, 0.05) is 5.88 Å². The van der Waals surface area contributed by atoms with Gasteiger partial charge in [-0.15, -0.1) is 11.6 Å². The predicted octanol–water partition coefficient (Wildman–Crippen LogP) is 3.15. The number of rotatable bonds is 5. The van der Waals surface area contributed by atoms with Crippen molar-refractivity contribution in [3.8, 4) is 5.75 Å². The molecule has 0 fully saturated rings. The number of para-hydroxylation sites is 1. The number of amides is 1. The van der Waals surface area contributed by atoms with Crippen molar-refractivity contribution in [3.05, 3.63) is 29.8 Å². The Morgan fingerprint density at radius 1 is 1.40 bits per heavy atom. The van der Waals surface area contributed by atoms with E-state index in [0.717, 1.165) is 30.6 Å². The molecule has 0 radical (unpaired) electrons. The zero-order chi connectivity index (χ0) is 14.6. The zero-order valence-corrected chi connectivity index (χ0v) is 12.9. The first-order valence-corrected chi connectivity index (χ1v) is 7.76. The van der Waals surface area contributed by atoms with E-state index in [1.54, 1.807) is 0 Å². The van der Waals surface area contributed by atoms with Gasteiger partial charge in [0.1, 0.15) is 12.4 Å². The van der Waals surface area contributed by atoms with E-state index in [0.29, 0.717) is 12.5 Å². The molecule has 4 heteroatoms. The first kappa shape index (κ1) is 15.2. The monoisotopic (exact) mass is 295 g/mol. The molecule has 0 aromatic heterocycles. The van der Waals surface area contributed by atoms with Crippen molar-refractivity contribution in [3.63, 3.8) is 0 Å². The van der Waals surface area contributed by atoms with Gasteiger partial charge in [-0.3, -0.25) is 4.79 Å². The highest BCUT2D eigenvalue weighted by Gasteiger charge is 2.32. The number of alkyl halides is 1. The van der Waals surface area contributed by atoms with Gasteiger partial charge in [0.2, 0.25) is 5.91 Å². The van der Waals surface area contributed by atoms with E-state index in [4.69, 9.17) is 16.3 Å². The average molecular weight is 296 g/mol. The molecule has 1 heterocycles. The van der Waals surface area contributed by atoms with Crippen molar-refractivity contribution in [1.29, 1.82) is 0 Å². The molecular weight excluding hydrogens is 274 g/mol. The van der Waals surface area contributed by atoms with Crippen molar-refractivity contribution in [1.82, 2.24) is 5.32 Å². The fraction of sp³-hybridized carbons (Fsp3) is 0.562. The van der Waals surface area contributed by atoms with Crippen molar-refractivity contribution in [2.75, 3.05) is 12.5 Å². The van der Waals surface area contributed by atoms with Gasteiger partial charge in [-0.05, 0) is 30.9 Å². The molecule has 1 amide bonds. The van der Waals surface area contributed by atoms with Crippen LogP contribution in [0.3, 0.4) is 0 Å². The molecule has 0 aliphatic carbocycles. The second-order valence-electron chi connectivity index (χ2n) is 5.43. The summed E-state index contributed by atoms with van der Waals surface area (Å²) in [6.45, 7) is 4.55. The number of fused-ring (bicyclic) bond motifs is 1. The van der Waals surface area contributed by atoms with E-state index in [9.17, 15) is 4.79 Å². The molecule has 1 aliphatic heterocycles. The van der Waals surface area contributed by atoms with Gasteiger partial charge in [0.25, 0.3) is 0 Å². The third-order valence-corrected chi connectivity index (χ3v) is 4.76. The average Bonchev–Trinajstić information content (AvgIpc) is 2.52. The van der Waals surface area contributed by atoms with Crippen molar-refractivity contribution in [2.45, 2.75) is 38.6 Å². The normalized spacial score (nSPS) is 18.1. The highest BCUT2D eigenvalue weighted by molar-refractivity contribution is 6.18. The first-order valence-electron chi connectivity index (χ1n) is 7.23. The number of benzene rings is 1. The summed E-state index contributed by atoms with van der Waals surface area (Å²) in [6, 6.07) is 7.89. The second-order valence-corrected chi connectivity index (χ2v) is 5.70. The predicted molar refractivity (Wildman–Crippen MR) is 81.3 cm³/mol. The van der Waals surface area contributed by atoms with Crippen LogP contribution in [0.15, 0.2) is 24.3 Å². The molecule has 1 aromatic carbocycles. The minimum Gasteiger partial charge on any atom is -0.492 e. The summed E-state index contributed by atoms with van der Waals surface area (Å²) in [5.74, 6) is 1.25. The van der Waals surface area contributed by atoms with Gasteiger partial charge >= 0.3 is 0 Å². The highest BCUT2D eigenvalue weighted by atomic mass is 35.5. The van der Waals surface area contributed by atoms with E-state index in [1.165, 1.54) is 0 Å². The highest BCUT2D eigenvalue weighted by Crippen LogP contribution is 2.27. The molecule has 1 aliphatic rings. The molecule has 2 rings (SSSR count). The Bertz CT molecular complexity index is 463. The van der Waals surface area contributed by atoms with Crippen LogP contribution in [-0.4, -0.2) is 23.9 Å². The molecule has 0 saturated heterocycles. The van der Waals surface area contributed by atoms with Crippen LogP contribution < -0.4 is 10.1 Å². The lowest BCUT2D eigenvalue weighted by Crippen LogP contribution is -2.52. The minimum atomic E-state index is -0.296. The molecule has 0 bridgehead atoms. The molecule has 1 atom stereocenters. The summed E-state index contributed by atoms with van der Waals surface area (Å²) in [5, 5.41) is 3.13. The number of hydrogen-bond acceptors (Lipinski definition) is 2. The third kappa shape index (κ3) is 3.09. The lowest BCUT2D eigenvalue weighted by molar-refractivity contribution is -0.128. The Labute approximate surface area is 125 Å². The van der Waals surface area contributed by atoms with Crippen LogP contribution in [0.25, 0.3) is 0 Å². The molecule has 3 nitrogen and oxygen atoms in total. The van der Waals surface area contributed by atoms with Gasteiger partial charge in [0.15, 0.2) is 0 Å². The maximum absolute atomic E-state index is 12.5. The van der Waals surface area contributed by atoms with Crippen molar-refractivity contribution in [2.24, 2.45) is 5.92 Å². The maximum Gasteiger partial charge on any atom is 0.227 e. The molecule has 0 spiro atoms. The van der Waals surface area contributed by atoms with Gasteiger partial charge in [0.05, 0.1) is 11.5 Å². The largest absolute Gasteiger partial charge is 0.492 e. The van der Waals surface area contributed by atoms with Gasteiger partial charge in [-0.2, -0.15) is 0 Å². The summed E-state index contributed by atoms with van der Waals surface area (Å²) < 4.78 is 5.68. The number of nitrogens with one attached hydrogen (secondary N) is 1. The Kier molecular flexibility index (Phi) is 4.92. The Morgan fingerprint density at radius 3 is 2.75 bits per heavy atom. The summed E-state index contributed by atoms with van der Waals surface area (Å²) >= 11 is 6.04. The van der Waals surface area contributed by atoms with E-state index < -0.39 is 0 Å². The van der Waals surface area contributed by atoms with Crippen molar-refractivity contribution < 1.29 is 9.53 Å². The number of carbonyl (C=O) groups is 1. The molecule has 0 saturated carbocycles. The standard InChI is InChI=1S/C16H22ClNO2/c1-3-16(4-2,11-17)18-15(19)13-9-12-7-5-6-8-14(12)20-10-13/h5-8,13H,3-4,9-11H2,1-2H3,(H,18,19). The molecule has 1 aromatic rings. The van der Waals surface area contributed by atoms with Crippen LogP contribution in [-0.2, 0) is 11.2 Å². The van der Waals surface area contributed by atoms with Gasteiger partial charge in [-0.1, -0.05) is 32.0 Å². The smallest absolute Gasteiger partial charge is 0.227 e. The van der Waals surface area contributed by atoms with E-state index in [1.807, 2.05) is 24.3 Å². The van der Waals surface area contributed by atoms with Crippen LogP contribution in [0.4, 0.5) is 0 Å². The maximum atomic E-state index is 12.5. The first-order chi connectivity index (χ1) is 9.64. The Balaban J connectivity index is 2.05. The van der Waals surface area contributed by atoms with Gasteiger partial charge in [-0.25, -0.2) is 0 Å². The summed E-state index contributed by atoms with van der Waals surface area (Å²) in [4.78, 5) is 12.5. The molecule has 110 valence electrons. The fourth-order valence-corrected chi connectivity index (χ4v) is 2.95. The lowest BCUT2D eigenvalue weighted by atomic mass is 9.91. The SMILES string of the molecule is CCC(CC)(CCl)NC(=O)C1COc2ccccc2C1. The number of ether oxygens (including phenoxy) is 1. The fourth-order valence-electron chi connectivity index (χ4n) is 2.51. The number of halogens is 1. The minimum absolute atomic E-state index is 0.0452. The van der Waals surface area contributed by atoms with E-state index in [-0.39, 0.29) is 17.4 Å². The molecule has 1 N–H and O–H groups in total. The quantitative estimate of drug-likeness (QED) is 0.848. The molecule has 20 heavy (non-hydrogen) atoms. The van der Waals surface area contributed by atoms with Crippen LogP contribution in [0.5, 0.6) is 5.75 Å². The van der Waals surface area contributed by atoms with E-state index >= 15 is 0 Å². The third-order valence-electron chi connectivity index (χ3n) is 4.25. The van der Waals surface area contributed by atoms with Gasteiger partial charge < -0.3 is 10.1 Å². The van der Waals surface area contributed by atoms with Crippen LogP contribution >= 0.6 is 11.6 Å². The van der Waals surface area contributed by atoms with Crippen molar-refractivity contribution >= 4 is 17.5 Å². The number of hydrogen-bond donors (Lipinski definition) is 1. The van der Waals surface area contributed by atoms with E-state index in [2.05, 4.69) is 19.2 Å². The Hall–Kier alpha value is -1.22. The van der Waals surface area contributed by atoms with Crippen LogP contribution in [0, 0.1) is 5.92 Å². The summed E-state index contributed by atoms with van der Waals surface area (Å²) in [7, 11) is 0. The number of carbonyl (C=O) groups excluding carboxylic acids is 1. The summed E-state index contributed by atoms with van der Waals surface area (Å²) in [6.07, 6.45) is 2.40. The molecule has 1 unspecified atom stereocenters. The van der Waals surface area contributed by atoms with Crippen LogP contribution in [0.1, 0.15) is 32.3 Å².